The van der Waals surface area contributed by atoms with E-state index in [-0.39, 0.29) is 23.5 Å². The Morgan fingerprint density at radius 3 is 2.55 bits per heavy atom. The molecule has 4 rings (SSSR count). The lowest BCUT2D eigenvalue weighted by Gasteiger charge is -2.36. The normalized spacial score (nSPS) is 16.9. The van der Waals surface area contributed by atoms with Gasteiger partial charge in [-0.05, 0) is 37.0 Å². The Balaban J connectivity index is 1.32. The van der Waals surface area contributed by atoms with Gasteiger partial charge >= 0.3 is 0 Å². The maximum Gasteiger partial charge on any atom is 0.230 e. The number of anilines is 1. The highest BCUT2D eigenvalue weighted by molar-refractivity contribution is 5.97. The number of likely N-dealkylation sites (tertiary alicyclic amines) is 1. The van der Waals surface area contributed by atoms with Gasteiger partial charge in [0.2, 0.25) is 11.8 Å². The molecule has 0 unspecified atom stereocenters. The van der Waals surface area contributed by atoms with Gasteiger partial charge in [-0.3, -0.25) is 9.59 Å². The third-order valence-electron chi connectivity index (χ3n) is 5.72. The molecule has 0 atom stereocenters. The van der Waals surface area contributed by atoms with E-state index in [1.807, 2.05) is 35.2 Å². The summed E-state index contributed by atoms with van der Waals surface area (Å²) in [4.78, 5) is 29.2. The number of piperidine rings is 1. The van der Waals surface area contributed by atoms with Gasteiger partial charge in [-0.25, -0.2) is 4.39 Å². The standard InChI is InChI=1S/C23H25FN2O3/c24-19-7-8-20-21(16-19)29-15-14-26(20)23(28)18-10-12-25(13-11-18)22(27)9-6-17-4-2-1-3-5-17/h1-5,7-8,16,18H,6,9-15H2. The second kappa shape index (κ2) is 8.64. The van der Waals surface area contributed by atoms with E-state index in [1.54, 1.807) is 11.0 Å². The molecule has 0 aliphatic carbocycles. The number of ether oxygens (including phenoxy) is 1. The number of carbonyl (C=O) groups is 2. The number of aryl methyl sites for hydroxylation is 1. The van der Waals surface area contributed by atoms with E-state index in [1.165, 1.54) is 12.1 Å². The molecule has 152 valence electrons. The minimum Gasteiger partial charge on any atom is -0.489 e. The first-order valence-electron chi connectivity index (χ1n) is 10.2. The summed E-state index contributed by atoms with van der Waals surface area (Å²) in [5.41, 5.74) is 1.79. The van der Waals surface area contributed by atoms with Gasteiger partial charge in [0.15, 0.2) is 0 Å². The fourth-order valence-corrected chi connectivity index (χ4v) is 4.07. The van der Waals surface area contributed by atoms with Crippen LogP contribution in [0.5, 0.6) is 5.75 Å². The van der Waals surface area contributed by atoms with Gasteiger partial charge in [0.25, 0.3) is 0 Å². The first kappa shape index (κ1) is 19.4. The van der Waals surface area contributed by atoms with Gasteiger partial charge in [-0.15, -0.1) is 0 Å². The van der Waals surface area contributed by atoms with Crippen LogP contribution in [-0.4, -0.2) is 43.0 Å². The maximum atomic E-state index is 13.4. The van der Waals surface area contributed by atoms with Crippen LogP contribution >= 0.6 is 0 Å². The van der Waals surface area contributed by atoms with Crippen molar-refractivity contribution in [2.24, 2.45) is 5.92 Å². The summed E-state index contributed by atoms with van der Waals surface area (Å²) in [5, 5.41) is 0. The largest absolute Gasteiger partial charge is 0.489 e. The molecule has 29 heavy (non-hydrogen) atoms. The van der Waals surface area contributed by atoms with E-state index < -0.39 is 0 Å². The molecule has 0 spiro atoms. The van der Waals surface area contributed by atoms with Crippen molar-refractivity contribution < 1.29 is 18.7 Å². The van der Waals surface area contributed by atoms with Crippen molar-refractivity contribution in [3.63, 3.8) is 0 Å². The van der Waals surface area contributed by atoms with Gasteiger partial charge in [0, 0.05) is 31.5 Å². The number of fused-ring (bicyclic) bond motifs is 1. The third kappa shape index (κ3) is 4.42. The van der Waals surface area contributed by atoms with Crippen LogP contribution in [0.4, 0.5) is 10.1 Å². The van der Waals surface area contributed by atoms with Crippen molar-refractivity contribution in [1.82, 2.24) is 4.90 Å². The Kier molecular flexibility index (Phi) is 5.79. The van der Waals surface area contributed by atoms with Gasteiger partial charge in [-0.2, -0.15) is 0 Å². The van der Waals surface area contributed by atoms with Crippen LogP contribution in [-0.2, 0) is 16.0 Å². The lowest BCUT2D eigenvalue weighted by Crippen LogP contribution is -2.46. The molecular weight excluding hydrogens is 371 g/mol. The monoisotopic (exact) mass is 396 g/mol. The number of benzene rings is 2. The van der Waals surface area contributed by atoms with E-state index in [9.17, 15) is 14.0 Å². The molecule has 2 aliphatic rings. The van der Waals surface area contributed by atoms with Crippen LogP contribution in [0.2, 0.25) is 0 Å². The molecule has 0 N–H and O–H groups in total. The average molecular weight is 396 g/mol. The van der Waals surface area contributed by atoms with Gasteiger partial charge in [0.1, 0.15) is 18.2 Å². The minimum absolute atomic E-state index is 0.0394. The molecule has 0 aromatic heterocycles. The number of carbonyl (C=O) groups excluding carboxylic acids is 2. The molecule has 2 heterocycles. The third-order valence-corrected chi connectivity index (χ3v) is 5.72. The molecule has 2 aliphatic heterocycles. The zero-order valence-corrected chi connectivity index (χ0v) is 16.4. The Morgan fingerprint density at radius 2 is 1.79 bits per heavy atom. The smallest absolute Gasteiger partial charge is 0.230 e. The van der Waals surface area contributed by atoms with E-state index >= 15 is 0 Å². The van der Waals surface area contributed by atoms with E-state index in [4.69, 9.17) is 4.74 Å². The highest BCUT2D eigenvalue weighted by atomic mass is 19.1. The zero-order chi connectivity index (χ0) is 20.2. The fraction of sp³-hybridized carbons (Fsp3) is 0.391. The highest BCUT2D eigenvalue weighted by Gasteiger charge is 2.33. The second-order valence-corrected chi connectivity index (χ2v) is 7.59. The predicted octanol–water partition coefficient (Wildman–Crippen LogP) is 3.42. The van der Waals surface area contributed by atoms with Crippen LogP contribution < -0.4 is 9.64 Å². The van der Waals surface area contributed by atoms with Crippen molar-refractivity contribution in [3.05, 3.63) is 59.9 Å². The number of hydrogen-bond acceptors (Lipinski definition) is 3. The van der Waals surface area contributed by atoms with Crippen LogP contribution in [0.15, 0.2) is 48.5 Å². The fourth-order valence-electron chi connectivity index (χ4n) is 4.07. The van der Waals surface area contributed by atoms with Crippen LogP contribution in [0, 0.1) is 11.7 Å². The second-order valence-electron chi connectivity index (χ2n) is 7.59. The quantitative estimate of drug-likeness (QED) is 0.796. The Bertz CT molecular complexity index is 879. The first-order valence-corrected chi connectivity index (χ1v) is 10.2. The lowest BCUT2D eigenvalue weighted by atomic mass is 9.94. The number of nitrogens with zero attached hydrogens (tertiary/aromatic N) is 2. The average Bonchev–Trinajstić information content (AvgIpc) is 2.77. The van der Waals surface area contributed by atoms with Crippen molar-refractivity contribution in [1.29, 1.82) is 0 Å². The Hall–Kier alpha value is -2.89. The summed E-state index contributed by atoms with van der Waals surface area (Å²) in [6, 6.07) is 14.3. The molecule has 0 bridgehead atoms. The van der Waals surface area contributed by atoms with Gasteiger partial charge < -0.3 is 14.5 Å². The zero-order valence-electron chi connectivity index (χ0n) is 16.4. The van der Waals surface area contributed by atoms with Crippen molar-refractivity contribution >= 4 is 17.5 Å². The summed E-state index contributed by atoms with van der Waals surface area (Å²) < 4.78 is 18.9. The van der Waals surface area contributed by atoms with E-state index in [0.717, 1.165) is 12.0 Å². The molecular formula is C23H25FN2O3. The molecule has 2 aromatic carbocycles. The SMILES string of the molecule is O=C(CCc1ccccc1)N1CCC(C(=O)N2CCOc3cc(F)ccc32)CC1. The number of amides is 2. The Labute approximate surface area is 170 Å². The maximum absolute atomic E-state index is 13.4. The van der Waals surface area contributed by atoms with Crippen LogP contribution in [0.25, 0.3) is 0 Å². The molecule has 5 nitrogen and oxygen atoms in total. The molecule has 0 radical (unpaired) electrons. The number of rotatable bonds is 4. The summed E-state index contributed by atoms with van der Waals surface area (Å²) >= 11 is 0. The van der Waals surface area contributed by atoms with Crippen molar-refractivity contribution in [3.8, 4) is 5.75 Å². The number of halogens is 1. The molecule has 6 heteroatoms. The summed E-state index contributed by atoms with van der Waals surface area (Å²) in [6.45, 7) is 2.03. The van der Waals surface area contributed by atoms with Gasteiger partial charge in [-0.1, -0.05) is 30.3 Å². The van der Waals surface area contributed by atoms with Crippen LogP contribution in [0.3, 0.4) is 0 Å². The van der Waals surface area contributed by atoms with Crippen LogP contribution in [0.1, 0.15) is 24.8 Å². The molecule has 2 amide bonds. The van der Waals surface area contributed by atoms with E-state index in [0.29, 0.717) is 56.9 Å². The minimum atomic E-state index is -0.375. The summed E-state index contributed by atoms with van der Waals surface area (Å²) in [7, 11) is 0. The predicted molar refractivity (Wildman–Crippen MR) is 108 cm³/mol. The van der Waals surface area contributed by atoms with Crippen molar-refractivity contribution in [2.45, 2.75) is 25.7 Å². The highest BCUT2D eigenvalue weighted by Crippen LogP contribution is 2.34. The first-order chi connectivity index (χ1) is 14.1. The lowest BCUT2D eigenvalue weighted by molar-refractivity contribution is -0.135. The molecule has 2 aromatic rings. The molecule has 1 saturated heterocycles. The summed E-state index contributed by atoms with van der Waals surface area (Å²) in [5.74, 6) is 0.104. The van der Waals surface area contributed by atoms with Crippen molar-refractivity contribution in [2.75, 3.05) is 31.1 Å². The van der Waals surface area contributed by atoms with E-state index in [2.05, 4.69) is 0 Å². The number of hydrogen-bond donors (Lipinski definition) is 0. The summed E-state index contributed by atoms with van der Waals surface area (Å²) in [6.07, 6.45) is 2.54. The topological polar surface area (TPSA) is 49.9 Å². The Morgan fingerprint density at radius 1 is 1.03 bits per heavy atom. The molecule has 1 fully saturated rings. The molecule has 0 saturated carbocycles. The van der Waals surface area contributed by atoms with Gasteiger partial charge in [0.05, 0.1) is 12.2 Å².